The second kappa shape index (κ2) is 6.19. The van der Waals surface area contributed by atoms with Gasteiger partial charge in [-0.25, -0.2) is 18.2 Å². The van der Waals surface area contributed by atoms with Crippen molar-refractivity contribution in [2.24, 2.45) is 0 Å². The van der Waals surface area contributed by atoms with Gasteiger partial charge in [-0.05, 0) is 12.1 Å². The highest BCUT2D eigenvalue weighted by molar-refractivity contribution is 5.92. The van der Waals surface area contributed by atoms with E-state index in [-0.39, 0.29) is 12.2 Å². The van der Waals surface area contributed by atoms with E-state index in [9.17, 15) is 18.0 Å². The average Bonchev–Trinajstić information content (AvgIpc) is 2.28. The number of pyridine rings is 1. The molecule has 1 heterocycles. The number of hydrogen-bond donors (Lipinski definition) is 1. The van der Waals surface area contributed by atoms with Crippen LogP contribution in [0.15, 0.2) is 18.3 Å². The first-order valence-corrected chi connectivity index (χ1v) is 4.84. The zero-order valence-corrected chi connectivity index (χ0v) is 8.81. The molecular formula is C10H11F3N2O2. The van der Waals surface area contributed by atoms with E-state index < -0.39 is 31.3 Å². The Balaban J connectivity index is 2.79. The Morgan fingerprint density at radius 2 is 2.18 bits per heavy atom. The van der Waals surface area contributed by atoms with Crippen molar-refractivity contribution < 1.29 is 23.1 Å². The van der Waals surface area contributed by atoms with Gasteiger partial charge in [-0.1, -0.05) is 0 Å². The molecule has 0 saturated heterocycles. The molecule has 0 aliphatic carbocycles. The van der Waals surface area contributed by atoms with Crippen LogP contribution >= 0.6 is 0 Å². The number of hydrogen-bond acceptors (Lipinski definition) is 3. The molecule has 1 N–H and O–H groups in total. The molecule has 1 amide bonds. The zero-order valence-electron chi connectivity index (χ0n) is 8.81. The topological polar surface area (TPSA) is 53.4 Å². The van der Waals surface area contributed by atoms with Crippen molar-refractivity contribution in [1.29, 1.82) is 0 Å². The number of aliphatic hydroxyl groups is 1. The van der Waals surface area contributed by atoms with Gasteiger partial charge in [0.05, 0.1) is 19.3 Å². The van der Waals surface area contributed by atoms with E-state index in [1.54, 1.807) is 0 Å². The molecule has 0 atom stereocenters. The minimum atomic E-state index is -2.70. The molecule has 0 aliphatic heterocycles. The maximum absolute atomic E-state index is 12.6. The van der Waals surface area contributed by atoms with Gasteiger partial charge in [-0.15, -0.1) is 0 Å². The molecule has 17 heavy (non-hydrogen) atoms. The number of aromatic nitrogens is 1. The largest absolute Gasteiger partial charge is 0.395 e. The van der Waals surface area contributed by atoms with Crippen LogP contribution in [0, 0.1) is 5.82 Å². The van der Waals surface area contributed by atoms with Crippen LogP contribution in [0.25, 0.3) is 0 Å². The van der Waals surface area contributed by atoms with Crippen LogP contribution in [0.3, 0.4) is 0 Å². The third kappa shape index (κ3) is 4.03. The molecule has 4 nitrogen and oxygen atoms in total. The van der Waals surface area contributed by atoms with Crippen molar-refractivity contribution >= 4 is 5.91 Å². The molecule has 0 radical (unpaired) electrons. The molecule has 0 saturated carbocycles. The fourth-order valence-electron chi connectivity index (χ4n) is 1.23. The first-order chi connectivity index (χ1) is 8.04. The second-order valence-electron chi connectivity index (χ2n) is 3.23. The summed E-state index contributed by atoms with van der Waals surface area (Å²) in [6, 6.07) is 2.12. The first kappa shape index (κ1) is 13.4. The van der Waals surface area contributed by atoms with Gasteiger partial charge < -0.3 is 10.0 Å². The summed E-state index contributed by atoms with van der Waals surface area (Å²) in [5, 5.41) is 8.67. The summed E-state index contributed by atoms with van der Waals surface area (Å²) in [5.41, 5.74) is -0.138. The Hall–Kier alpha value is -1.63. The second-order valence-corrected chi connectivity index (χ2v) is 3.23. The Kier molecular flexibility index (Phi) is 4.89. The number of nitrogens with zero attached hydrogens (tertiary/aromatic N) is 2. The van der Waals surface area contributed by atoms with Crippen LogP contribution in [0.1, 0.15) is 10.5 Å². The number of carbonyl (C=O) groups is 1. The van der Waals surface area contributed by atoms with Crippen molar-refractivity contribution in [3.8, 4) is 0 Å². The number of rotatable bonds is 5. The Morgan fingerprint density at radius 3 is 2.65 bits per heavy atom. The molecule has 0 fully saturated rings. The maximum Gasteiger partial charge on any atom is 0.272 e. The number of amides is 1. The van der Waals surface area contributed by atoms with Gasteiger partial charge in [0.25, 0.3) is 12.3 Å². The van der Waals surface area contributed by atoms with Crippen LogP contribution < -0.4 is 0 Å². The van der Waals surface area contributed by atoms with Crippen LogP contribution in [0.5, 0.6) is 0 Å². The van der Waals surface area contributed by atoms with Crippen molar-refractivity contribution in [1.82, 2.24) is 9.88 Å². The lowest BCUT2D eigenvalue weighted by molar-refractivity contribution is 0.0504. The Morgan fingerprint density at radius 1 is 1.47 bits per heavy atom. The molecule has 0 unspecified atom stereocenters. The van der Waals surface area contributed by atoms with Gasteiger partial charge >= 0.3 is 0 Å². The third-order valence-electron chi connectivity index (χ3n) is 1.96. The lowest BCUT2D eigenvalue weighted by Crippen LogP contribution is -2.37. The van der Waals surface area contributed by atoms with E-state index in [4.69, 9.17) is 5.11 Å². The lowest BCUT2D eigenvalue weighted by atomic mass is 10.3. The van der Waals surface area contributed by atoms with Gasteiger partial charge in [-0.2, -0.15) is 0 Å². The predicted octanol–water partition coefficient (Wildman–Crippen LogP) is 0.920. The van der Waals surface area contributed by atoms with Gasteiger partial charge in [0.15, 0.2) is 0 Å². The summed E-state index contributed by atoms with van der Waals surface area (Å²) in [5.74, 6) is -1.39. The molecule has 1 aromatic heterocycles. The van der Waals surface area contributed by atoms with Crippen molar-refractivity contribution in [2.45, 2.75) is 6.43 Å². The highest BCUT2D eigenvalue weighted by Gasteiger charge is 2.20. The highest BCUT2D eigenvalue weighted by atomic mass is 19.3. The molecule has 1 aromatic rings. The molecule has 0 spiro atoms. The average molecular weight is 248 g/mol. The fourth-order valence-corrected chi connectivity index (χ4v) is 1.23. The normalized spacial score (nSPS) is 10.6. The molecule has 0 bridgehead atoms. The maximum atomic E-state index is 12.6. The van der Waals surface area contributed by atoms with Gasteiger partial charge in [-0.3, -0.25) is 4.79 Å². The lowest BCUT2D eigenvalue weighted by Gasteiger charge is -2.20. The molecule has 0 aromatic carbocycles. The molecule has 7 heteroatoms. The molecule has 1 rings (SSSR count). The zero-order chi connectivity index (χ0) is 12.8. The molecule has 94 valence electrons. The smallest absolute Gasteiger partial charge is 0.272 e. The van der Waals surface area contributed by atoms with Gasteiger partial charge in [0, 0.05) is 6.54 Å². The summed E-state index contributed by atoms with van der Waals surface area (Å²) in [4.78, 5) is 15.9. The summed E-state index contributed by atoms with van der Waals surface area (Å²) >= 11 is 0. The SMILES string of the molecule is O=C(c1ccc(F)cn1)N(CCO)CC(F)F. The van der Waals surface area contributed by atoms with E-state index in [1.165, 1.54) is 0 Å². The summed E-state index contributed by atoms with van der Waals surface area (Å²) in [6.07, 6.45) is -1.88. The number of carbonyl (C=O) groups excluding carboxylic acids is 1. The van der Waals surface area contributed by atoms with Gasteiger partial charge in [0.1, 0.15) is 11.5 Å². The number of halogens is 3. The minimum absolute atomic E-state index is 0.138. The van der Waals surface area contributed by atoms with E-state index in [0.717, 1.165) is 23.2 Å². The molecular weight excluding hydrogens is 237 g/mol. The monoisotopic (exact) mass is 248 g/mol. The first-order valence-electron chi connectivity index (χ1n) is 4.84. The van der Waals surface area contributed by atoms with E-state index in [1.807, 2.05) is 0 Å². The standard InChI is InChI=1S/C10H11F3N2O2/c11-7-1-2-8(14-5-7)10(17)15(3-4-16)6-9(12)13/h1-2,5,9,16H,3-4,6H2. The van der Waals surface area contributed by atoms with Crippen molar-refractivity contribution in [3.05, 3.63) is 29.8 Å². The molecule has 0 aliphatic rings. The number of aliphatic hydroxyl groups excluding tert-OH is 1. The Bertz CT molecular complexity index is 370. The summed E-state index contributed by atoms with van der Waals surface area (Å²) < 4.78 is 36.9. The minimum Gasteiger partial charge on any atom is -0.395 e. The highest BCUT2D eigenvalue weighted by Crippen LogP contribution is 2.06. The van der Waals surface area contributed by atoms with E-state index >= 15 is 0 Å². The van der Waals surface area contributed by atoms with Crippen molar-refractivity contribution in [3.63, 3.8) is 0 Å². The van der Waals surface area contributed by atoms with E-state index in [2.05, 4.69) is 4.98 Å². The Labute approximate surface area is 95.7 Å². The summed E-state index contributed by atoms with van der Waals surface area (Å²) in [7, 11) is 0. The third-order valence-corrected chi connectivity index (χ3v) is 1.96. The van der Waals surface area contributed by atoms with Crippen molar-refractivity contribution in [2.75, 3.05) is 19.7 Å². The van der Waals surface area contributed by atoms with Crippen LogP contribution in [0.4, 0.5) is 13.2 Å². The summed E-state index contributed by atoms with van der Waals surface area (Å²) in [6.45, 7) is -1.44. The predicted molar refractivity (Wildman–Crippen MR) is 53.2 cm³/mol. The quantitative estimate of drug-likeness (QED) is 0.843. The van der Waals surface area contributed by atoms with Crippen LogP contribution in [-0.2, 0) is 0 Å². The fraction of sp³-hybridized carbons (Fsp3) is 0.400. The number of alkyl halides is 2. The van der Waals surface area contributed by atoms with Gasteiger partial charge in [0.2, 0.25) is 0 Å². The van der Waals surface area contributed by atoms with Crippen LogP contribution in [-0.4, -0.2) is 47.0 Å². The van der Waals surface area contributed by atoms with Crippen LogP contribution in [0.2, 0.25) is 0 Å². The van der Waals surface area contributed by atoms with E-state index in [0.29, 0.717) is 0 Å².